The van der Waals surface area contributed by atoms with Gasteiger partial charge >= 0.3 is 0 Å². The van der Waals surface area contributed by atoms with Crippen LogP contribution in [-0.4, -0.2) is 24.3 Å². The maximum Gasteiger partial charge on any atom is 0.255 e. The van der Waals surface area contributed by atoms with Crippen LogP contribution in [-0.2, 0) is 17.8 Å². The maximum absolute atomic E-state index is 12.6. The van der Waals surface area contributed by atoms with Gasteiger partial charge in [0, 0.05) is 44.1 Å². The van der Waals surface area contributed by atoms with E-state index in [-0.39, 0.29) is 5.56 Å². The van der Waals surface area contributed by atoms with Crippen molar-refractivity contribution in [2.45, 2.75) is 59.2 Å². The summed E-state index contributed by atoms with van der Waals surface area (Å²) in [6, 6.07) is 4.41. The van der Waals surface area contributed by atoms with Crippen molar-refractivity contribution in [3.8, 4) is 0 Å². The van der Waals surface area contributed by atoms with E-state index in [0.717, 1.165) is 24.2 Å². The van der Waals surface area contributed by atoms with E-state index in [4.69, 9.17) is 4.74 Å². The molecule has 1 N–H and O–H groups in total. The van der Waals surface area contributed by atoms with Crippen molar-refractivity contribution in [1.29, 1.82) is 0 Å². The Bertz CT molecular complexity index is 464. The Morgan fingerprint density at radius 2 is 1.95 bits per heavy atom. The van der Waals surface area contributed by atoms with E-state index in [2.05, 4.69) is 39.1 Å². The highest BCUT2D eigenvalue weighted by atomic mass is 16.5. The summed E-state index contributed by atoms with van der Waals surface area (Å²) in [6.45, 7) is 10.4. The van der Waals surface area contributed by atoms with Crippen LogP contribution in [0.25, 0.3) is 0 Å². The van der Waals surface area contributed by atoms with E-state index < -0.39 is 0 Å². The van der Waals surface area contributed by atoms with Crippen LogP contribution in [0.1, 0.15) is 51.3 Å². The van der Waals surface area contributed by atoms with Crippen LogP contribution in [0.3, 0.4) is 0 Å². The van der Waals surface area contributed by atoms with Crippen molar-refractivity contribution in [3.63, 3.8) is 0 Å². The van der Waals surface area contributed by atoms with Gasteiger partial charge in [0.2, 0.25) is 0 Å². The van der Waals surface area contributed by atoms with Crippen LogP contribution in [0, 0.1) is 0 Å². The second kappa shape index (κ2) is 8.22. The molecule has 0 atom stereocenters. The predicted octanol–water partition coefficient (Wildman–Crippen LogP) is 2.51. The molecule has 0 aliphatic rings. The molecule has 0 amide bonds. The Morgan fingerprint density at radius 3 is 2.50 bits per heavy atom. The fraction of sp³-hybridized carbons (Fsp3) is 0.688. The molecule has 4 heteroatoms. The summed E-state index contributed by atoms with van der Waals surface area (Å²) in [7, 11) is 1.69. The van der Waals surface area contributed by atoms with Crippen molar-refractivity contribution in [3.05, 3.63) is 33.7 Å². The van der Waals surface area contributed by atoms with Crippen molar-refractivity contribution in [1.82, 2.24) is 9.88 Å². The quantitative estimate of drug-likeness (QED) is 0.744. The van der Waals surface area contributed by atoms with Crippen LogP contribution >= 0.6 is 0 Å². The first-order chi connectivity index (χ1) is 9.47. The maximum atomic E-state index is 12.6. The number of ether oxygens (including phenoxy) is 1. The molecule has 0 aliphatic carbocycles. The molecule has 1 aromatic rings. The van der Waals surface area contributed by atoms with Gasteiger partial charge in [-0.3, -0.25) is 4.79 Å². The molecule has 1 aromatic heterocycles. The van der Waals surface area contributed by atoms with E-state index >= 15 is 0 Å². The number of hydrogen-bond donors (Lipinski definition) is 1. The normalized spacial score (nSPS) is 11.6. The number of pyridine rings is 1. The predicted molar refractivity (Wildman–Crippen MR) is 83.3 cm³/mol. The monoisotopic (exact) mass is 280 g/mol. The summed E-state index contributed by atoms with van der Waals surface area (Å²) in [5.74, 6) is 0.345. The zero-order valence-electron chi connectivity index (χ0n) is 13.4. The zero-order chi connectivity index (χ0) is 15.1. The van der Waals surface area contributed by atoms with Gasteiger partial charge in [0.05, 0.1) is 0 Å². The Morgan fingerprint density at radius 1 is 1.25 bits per heavy atom. The third kappa shape index (κ3) is 4.76. The van der Waals surface area contributed by atoms with Crippen molar-refractivity contribution in [2.24, 2.45) is 0 Å². The van der Waals surface area contributed by atoms with Crippen LogP contribution in [0.15, 0.2) is 16.9 Å². The molecule has 4 nitrogen and oxygen atoms in total. The first-order valence-corrected chi connectivity index (χ1v) is 7.42. The fourth-order valence-corrected chi connectivity index (χ4v) is 2.19. The Balaban J connectivity index is 3.00. The van der Waals surface area contributed by atoms with E-state index in [0.29, 0.717) is 25.1 Å². The Labute approximate surface area is 122 Å². The SMILES string of the molecule is COCCCn1c(C(C)C)ccc(CNC(C)C)c1=O. The van der Waals surface area contributed by atoms with Crippen LogP contribution in [0.5, 0.6) is 0 Å². The van der Waals surface area contributed by atoms with E-state index in [1.807, 2.05) is 10.6 Å². The average Bonchev–Trinajstić information content (AvgIpc) is 2.38. The van der Waals surface area contributed by atoms with Gasteiger partial charge in [0.15, 0.2) is 0 Å². The minimum Gasteiger partial charge on any atom is -0.385 e. The van der Waals surface area contributed by atoms with Crippen molar-refractivity contribution >= 4 is 0 Å². The summed E-state index contributed by atoms with van der Waals surface area (Å²) in [4.78, 5) is 12.6. The molecule has 1 rings (SSSR count). The molecule has 0 unspecified atom stereocenters. The molecule has 0 aliphatic heterocycles. The second-order valence-electron chi connectivity index (χ2n) is 5.78. The fourth-order valence-electron chi connectivity index (χ4n) is 2.19. The largest absolute Gasteiger partial charge is 0.385 e. The number of aromatic nitrogens is 1. The lowest BCUT2D eigenvalue weighted by molar-refractivity contribution is 0.189. The van der Waals surface area contributed by atoms with Gasteiger partial charge in [0.25, 0.3) is 5.56 Å². The lowest BCUT2D eigenvalue weighted by Gasteiger charge is -2.17. The molecule has 0 saturated heterocycles. The number of nitrogens with one attached hydrogen (secondary N) is 1. The molecule has 0 bridgehead atoms. The van der Waals surface area contributed by atoms with Gasteiger partial charge < -0.3 is 14.6 Å². The highest BCUT2D eigenvalue weighted by molar-refractivity contribution is 5.18. The van der Waals surface area contributed by atoms with Gasteiger partial charge in [-0.05, 0) is 18.4 Å². The van der Waals surface area contributed by atoms with Crippen molar-refractivity contribution in [2.75, 3.05) is 13.7 Å². The Kier molecular flexibility index (Phi) is 6.96. The first kappa shape index (κ1) is 16.9. The first-order valence-electron chi connectivity index (χ1n) is 7.42. The summed E-state index contributed by atoms with van der Waals surface area (Å²) in [6.07, 6.45) is 0.858. The molecule has 114 valence electrons. The minimum absolute atomic E-state index is 0.125. The van der Waals surface area contributed by atoms with Crippen LogP contribution in [0.4, 0.5) is 0 Å². The van der Waals surface area contributed by atoms with Crippen molar-refractivity contribution < 1.29 is 4.74 Å². The lowest BCUT2D eigenvalue weighted by atomic mass is 10.1. The molecular weight excluding hydrogens is 252 g/mol. The smallest absolute Gasteiger partial charge is 0.255 e. The van der Waals surface area contributed by atoms with Gasteiger partial charge in [0.1, 0.15) is 0 Å². The molecule has 0 radical (unpaired) electrons. The van der Waals surface area contributed by atoms with E-state index in [1.54, 1.807) is 7.11 Å². The number of hydrogen-bond acceptors (Lipinski definition) is 3. The summed E-state index contributed by atoms with van der Waals surface area (Å²) in [5, 5.41) is 3.31. The second-order valence-corrected chi connectivity index (χ2v) is 5.78. The van der Waals surface area contributed by atoms with Gasteiger partial charge in [-0.2, -0.15) is 0 Å². The topological polar surface area (TPSA) is 43.3 Å². The highest BCUT2D eigenvalue weighted by Crippen LogP contribution is 2.13. The third-order valence-electron chi connectivity index (χ3n) is 3.31. The molecule has 1 heterocycles. The summed E-state index contributed by atoms with van der Waals surface area (Å²) >= 11 is 0. The molecule has 0 fully saturated rings. The third-order valence-corrected chi connectivity index (χ3v) is 3.31. The van der Waals surface area contributed by atoms with Gasteiger partial charge in [-0.1, -0.05) is 33.8 Å². The molecule has 0 saturated carbocycles. The Hall–Kier alpha value is -1.13. The number of rotatable bonds is 8. The summed E-state index contributed by atoms with van der Waals surface area (Å²) < 4.78 is 6.99. The molecular formula is C16H28N2O2. The number of nitrogens with zero attached hydrogens (tertiary/aromatic N) is 1. The van der Waals surface area contributed by atoms with E-state index in [1.165, 1.54) is 0 Å². The highest BCUT2D eigenvalue weighted by Gasteiger charge is 2.11. The molecule has 20 heavy (non-hydrogen) atoms. The van der Waals surface area contributed by atoms with Crippen LogP contribution in [0.2, 0.25) is 0 Å². The standard InChI is InChI=1S/C16H28N2O2/c1-12(2)15-8-7-14(11-17-13(3)4)16(19)18(15)9-6-10-20-5/h7-8,12-13,17H,6,9-11H2,1-5H3. The van der Waals surface area contributed by atoms with Gasteiger partial charge in [-0.15, -0.1) is 0 Å². The lowest BCUT2D eigenvalue weighted by Crippen LogP contribution is -2.32. The molecule has 0 aromatic carbocycles. The average molecular weight is 280 g/mol. The summed E-state index contributed by atoms with van der Waals surface area (Å²) in [5.41, 5.74) is 2.06. The van der Waals surface area contributed by atoms with Crippen LogP contribution < -0.4 is 10.9 Å². The minimum atomic E-state index is 0.125. The van der Waals surface area contributed by atoms with Gasteiger partial charge in [-0.25, -0.2) is 0 Å². The zero-order valence-corrected chi connectivity index (χ0v) is 13.4. The number of methoxy groups -OCH3 is 1. The van der Waals surface area contributed by atoms with E-state index in [9.17, 15) is 4.79 Å². The molecule has 0 spiro atoms.